The van der Waals surface area contributed by atoms with Crippen molar-refractivity contribution >= 4 is 19.8 Å². The Kier molecular flexibility index (Phi) is 39.6. The minimum absolute atomic E-state index is 0.0459. The van der Waals surface area contributed by atoms with E-state index in [0.29, 0.717) is 23.9 Å². The number of ether oxygens (including phenoxy) is 2. The highest BCUT2D eigenvalue weighted by atomic mass is 31.2. The number of carbonyl (C=O) groups excluding carboxylic acids is 2. The largest absolute Gasteiger partial charge is 0.756 e. The molecule has 0 bridgehead atoms. The van der Waals surface area contributed by atoms with Gasteiger partial charge in [0.25, 0.3) is 7.82 Å². The Morgan fingerprint density at radius 3 is 1.33 bits per heavy atom. The van der Waals surface area contributed by atoms with Crippen LogP contribution in [0.4, 0.5) is 0 Å². The summed E-state index contributed by atoms with van der Waals surface area (Å²) < 4.78 is 33.9. The van der Waals surface area contributed by atoms with Gasteiger partial charge in [0.2, 0.25) is 0 Å². The van der Waals surface area contributed by atoms with E-state index in [0.717, 1.165) is 77.0 Å². The summed E-state index contributed by atoms with van der Waals surface area (Å²) in [7, 11) is 1.12. The zero-order chi connectivity index (χ0) is 44.3. The van der Waals surface area contributed by atoms with Crippen LogP contribution in [0.5, 0.6) is 0 Å². The van der Waals surface area contributed by atoms with Crippen LogP contribution in [-0.2, 0) is 32.7 Å². The van der Waals surface area contributed by atoms with Crippen LogP contribution < -0.4 is 4.89 Å². The van der Waals surface area contributed by atoms with E-state index >= 15 is 0 Å². The maximum absolute atomic E-state index is 12.7. The highest BCUT2D eigenvalue weighted by molar-refractivity contribution is 7.45. The summed E-state index contributed by atoms with van der Waals surface area (Å²) in [5.74, 6) is -0.903. The molecule has 0 aliphatic carbocycles. The number of rotatable bonds is 41. The number of likely N-dealkylation sites (N-methyl/N-ethyl adjacent to an activating group) is 1. The van der Waals surface area contributed by atoms with Crippen LogP contribution in [-0.4, -0.2) is 70.0 Å². The second kappa shape index (κ2) is 41.5. The lowest BCUT2D eigenvalue weighted by Gasteiger charge is -2.28. The number of unbranched alkanes of at least 4 members (excludes halogenated alkanes) is 13. The number of phosphoric ester groups is 1. The predicted octanol–water partition coefficient (Wildman–Crippen LogP) is 12.9. The van der Waals surface area contributed by atoms with Crippen molar-refractivity contribution in [3.8, 4) is 0 Å². The third-order valence-corrected chi connectivity index (χ3v) is 10.4. The molecule has 0 amide bonds. The summed E-state index contributed by atoms with van der Waals surface area (Å²) in [6.45, 7) is 4.09. The molecule has 0 radical (unpaired) electrons. The molecular formula is C50H86NO8P. The lowest BCUT2D eigenvalue weighted by atomic mass is 10.1. The second-order valence-corrected chi connectivity index (χ2v) is 17.8. The molecule has 0 rings (SSSR count). The Morgan fingerprint density at radius 1 is 0.517 bits per heavy atom. The molecule has 0 aromatic heterocycles. The molecule has 0 heterocycles. The van der Waals surface area contributed by atoms with E-state index in [2.05, 4.69) is 98.9 Å². The monoisotopic (exact) mass is 860 g/mol. The molecule has 0 fully saturated rings. The number of hydrogen-bond acceptors (Lipinski definition) is 8. The number of hydrogen-bond donors (Lipinski definition) is 0. The molecule has 2 atom stereocenters. The van der Waals surface area contributed by atoms with Gasteiger partial charge in [-0.15, -0.1) is 0 Å². The van der Waals surface area contributed by atoms with Gasteiger partial charge in [-0.05, 0) is 96.3 Å². The molecule has 60 heavy (non-hydrogen) atoms. The van der Waals surface area contributed by atoms with Crippen LogP contribution in [0.2, 0.25) is 0 Å². The summed E-state index contributed by atoms with van der Waals surface area (Å²) in [6.07, 6.45) is 53.2. The molecule has 344 valence electrons. The van der Waals surface area contributed by atoms with E-state index < -0.39 is 32.5 Å². The molecule has 0 aromatic rings. The lowest BCUT2D eigenvalue weighted by molar-refractivity contribution is -0.870. The van der Waals surface area contributed by atoms with Crippen LogP contribution in [0.25, 0.3) is 0 Å². The molecule has 9 nitrogen and oxygen atoms in total. The fourth-order valence-corrected chi connectivity index (χ4v) is 6.43. The van der Waals surface area contributed by atoms with Gasteiger partial charge >= 0.3 is 11.9 Å². The maximum Gasteiger partial charge on any atom is 0.306 e. The first kappa shape index (κ1) is 57.2. The topological polar surface area (TPSA) is 111 Å². The Labute approximate surface area is 367 Å². The fourth-order valence-electron chi connectivity index (χ4n) is 5.70. The van der Waals surface area contributed by atoms with Gasteiger partial charge in [-0.3, -0.25) is 14.2 Å². The highest BCUT2D eigenvalue weighted by Gasteiger charge is 2.21. The summed E-state index contributed by atoms with van der Waals surface area (Å²) in [4.78, 5) is 37.6. The van der Waals surface area contributed by atoms with E-state index in [1.165, 1.54) is 51.4 Å². The summed E-state index contributed by atoms with van der Waals surface area (Å²) >= 11 is 0. The number of esters is 2. The molecule has 0 saturated carbocycles. The van der Waals surface area contributed by atoms with Crippen LogP contribution in [0.1, 0.15) is 168 Å². The zero-order valence-corrected chi connectivity index (χ0v) is 39.5. The first-order chi connectivity index (χ1) is 29.0. The number of quaternary nitrogens is 1. The van der Waals surface area contributed by atoms with Crippen LogP contribution in [0, 0.1) is 0 Å². The molecule has 0 aliphatic heterocycles. The van der Waals surface area contributed by atoms with Gasteiger partial charge in [0.15, 0.2) is 6.10 Å². The van der Waals surface area contributed by atoms with Crippen LogP contribution in [0.15, 0.2) is 85.1 Å². The minimum Gasteiger partial charge on any atom is -0.756 e. The average Bonchev–Trinajstić information content (AvgIpc) is 3.20. The molecule has 0 spiro atoms. The zero-order valence-electron chi connectivity index (χ0n) is 38.6. The average molecular weight is 860 g/mol. The van der Waals surface area contributed by atoms with E-state index in [-0.39, 0.29) is 26.1 Å². The molecule has 0 N–H and O–H groups in total. The van der Waals surface area contributed by atoms with E-state index in [1.807, 2.05) is 21.1 Å². The van der Waals surface area contributed by atoms with Crippen molar-refractivity contribution < 1.29 is 42.1 Å². The summed E-state index contributed by atoms with van der Waals surface area (Å²) in [6, 6.07) is 0. The number of carbonyl (C=O) groups is 2. The SMILES string of the molecule is CCCCC/C=C\C/C=C\C/C=C\C/C=C\CCCCCC(=O)O[C@H](COC(=O)CCCCCC/C=C\C/C=C\C/C=C\CCCCC)COP(=O)([O-])OCC[N+](C)(C)C. The molecule has 10 heteroatoms. The Bertz CT molecular complexity index is 1290. The van der Waals surface area contributed by atoms with Crippen LogP contribution in [0.3, 0.4) is 0 Å². The van der Waals surface area contributed by atoms with E-state index in [9.17, 15) is 19.0 Å². The molecule has 1 unspecified atom stereocenters. The van der Waals surface area contributed by atoms with Crippen molar-refractivity contribution in [3.05, 3.63) is 85.1 Å². The minimum atomic E-state index is -4.65. The van der Waals surface area contributed by atoms with Gasteiger partial charge in [0, 0.05) is 12.8 Å². The lowest BCUT2D eigenvalue weighted by Crippen LogP contribution is -2.37. The number of allylic oxidation sites excluding steroid dienone is 14. The van der Waals surface area contributed by atoms with Gasteiger partial charge in [-0.1, -0.05) is 144 Å². The molecule has 0 saturated heterocycles. The normalized spacial score (nSPS) is 14.3. The van der Waals surface area contributed by atoms with Crippen molar-refractivity contribution in [1.29, 1.82) is 0 Å². The van der Waals surface area contributed by atoms with Crippen molar-refractivity contribution in [2.45, 2.75) is 174 Å². The van der Waals surface area contributed by atoms with Crippen molar-refractivity contribution in [3.63, 3.8) is 0 Å². The maximum atomic E-state index is 12.7. The Balaban J connectivity index is 4.46. The van der Waals surface area contributed by atoms with Crippen molar-refractivity contribution in [2.75, 3.05) is 47.5 Å². The van der Waals surface area contributed by atoms with E-state index in [1.54, 1.807) is 0 Å². The first-order valence-corrected chi connectivity index (χ1v) is 24.8. The van der Waals surface area contributed by atoms with Crippen LogP contribution >= 0.6 is 7.82 Å². The van der Waals surface area contributed by atoms with Crippen molar-refractivity contribution in [2.24, 2.45) is 0 Å². The first-order valence-electron chi connectivity index (χ1n) is 23.3. The van der Waals surface area contributed by atoms with Gasteiger partial charge < -0.3 is 27.9 Å². The Morgan fingerprint density at radius 2 is 0.900 bits per heavy atom. The van der Waals surface area contributed by atoms with E-state index in [4.69, 9.17) is 18.5 Å². The molecule has 0 aromatic carbocycles. The highest BCUT2D eigenvalue weighted by Crippen LogP contribution is 2.38. The number of phosphoric acid groups is 1. The second-order valence-electron chi connectivity index (χ2n) is 16.4. The third-order valence-electron chi connectivity index (χ3n) is 9.39. The number of nitrogens with zero attached hydrogens (tertiary/aromatic N) is 1. The predicted molar refractivity (Wildman–Crippen MR) is 249 cm³/mol. The quantitative estimate of drug-likeness (QED) is 0.0196. The molecule has 0 aliphatic rings. The molecular weight excluding hydrogens is 774 g/mol. The Hall–Kier alpha value is -2.81. The van der Waals surface area contributed by atoms with Crippen molar-refractivity contribution in [1.82, 2.24) is 0 Å². The fraction of sp³-hybridized carbons (Fsp3) is 0.680. The van der Waals surface area contributed by atoms with Gasteiger partial charge in [0.05, 0.1) is 27.7 Å². The smallest absolute Gasteiger partial charge is 0.306 e. The van der Waals surface area contributed by atoms with Gasteiger partial charge in [-0.25, -0.2) is 0 Å². The van der Waals surface area contributed by atoms with Gasteiger partial charge in [0.1, 0.15) is 19.8 Å². The summed E-state index contributed by atoms with van der Waals surface area (Å²) in [5.41, 5.74) is 0. The van der Waals surface area contributed by atoms with Gasteiger partial charge in [-0.2, -0.15) is 0 Å². The third kappa shape index (κ3) is 44.7. The standard InChI is InChI=1S/C50H86NO8P/c1-6-8-10-12-14-16-18-20-22-24-25-27-29-31-33-35-37-39-41-43-50(53)59-48(47-58-60(54,55)57-45-44-51(3,4)5)46-56-49(52)42-40-38-36-34-32-30-28-26-23-21-19-17-15-13-11-9-7-2/h14-17,20-23,25,27-28,30-31,33,48H,6-13,18-19,24,26,29,32,34-47H2,1-5H3/b16-14-,17-15-,22-20-,23-21-,27-25-,30-28-,33-31-/t48-/m1/s1. The summed E-state index contributed by atoms with van der Waals surface area (Å²) in [5, 5.41) is 0.